The molecule has 1 aliphatic heterocycles. The Morgan fingerprint density at radius 1 is 1.03 bits per heavy atom. The topological polar surface area (TPSA) is 57.7 Å². The fraction of sp³-hybridized carbons (Fsp3) is 0.682. The van der Waals surface area contributed by atoms with Crippen LogP contribution in [0, 0.1) is 11.6 Å². The Kier molecular flexibility index (Phi) is 7.66. The van der Waals surface area contributed by atoms with Crippen LogP contribution in [0.15, 0.2) is 18.2 Å². The summed E-state index contributed by atoms with van der Waals surface area (Å²) in [5.41, 5.74) is -0.882. The molecule has 0 atom stereocenters. The van der Waals surface area contributed by atoms with Crippen LogP contribution in [0.25, 0.3) is 0 Å². The van der Waals surface area contributed by atoms with E-state index in [4.69, 9.17) is 0 Å². The molecule has 0 amide bonds. The molecule has 1 aliphatic carbocycles. The second-order valence-electron chi connectivity index (χ2n) is 8.83. The number of sulfonamides is 1. The van der Waals surface area contributed by atoms with Crippen molar-refractivity contribution in [2.24, 2.45) is 0 Å². The van der Waals surface area contributed by atoms with Gasteiger partial charge in [-0.1, -0.05) is 6.92 Å². The van der Waals surface area contributed by atoms with Crippen molar-refractivity contribution in [3.63, 3.8) is 0 Å². The molecule has 1 saturated heterocycles. The van der Waals surface area contributed by atoms with E-state index >= 15 is 0 Å². The highest BCUT2D eigenvalue weighted by atomic mass is 32.2. The molecule has 180 valence electrons. The summed E-state index contributed by atoms with van der Waals surface area (Å²) in [5, 5.41) is 0. The predicted octanol–water partition coefficient (Wildman–Crippen LogP) is 4.23. The monoisotopic (exact) mass is 478 g/mol. The standard InChI is InChI=1S/C22H30F4N2O3S/c1-2-15-32(30,31)28-13-11-27(12-14-28)21(7-9-22(25,26)10-8-21)6-5-20(29)18-4-3-17(23)16-19(18)24/h3-4,16H,2,5-15H2,1H3. The molecular formula is C22H30F4N2O3S. The summed E-state index contributed by atoms with van der Waals surface area (Å²) in [4.78, 5) is 14.6. The zero-order valence-corrected chi connectivity index (χ0v) is 19.1. The molecule has 2 aliphatic rings. The largest absolute Gasteiger partial charge is 0.295 e. The van der Waals surface area contributed by atoms with Crippen LogP contribution >= 0.6 is 0 Å². The Balaban J connectivity index is 1.72. The molecule has 32 heavy (non-hydrogen) atoms. The van der Waals surface area contributed by atoms with E-state index in [-0.39, 0.29) is 62.9 Å². The number of carbonyl (C=O) groups is 1. The molecule has 1 aromatic carbocycles. The molecule has 0 radical (unpaired) electrons. The van der Waals surface area contributed by atoms with Gasteiger partial charge in [0.15, 0.2) is 5.78 Å². The number of ketones is 1. The third kappa shape index (κ3) is 5.69. The summed E-state index contributed by atoms with van der Waals surface area (Å²) in [6.45, 7) is 3.15. The van der Waals surface area contributed by atoms with Gasteiger partial charge in [0.1, 0.15) is 11.6 Å². The van der Waals surface area contributed by atoms with Crippen molar-refractivity contribution in [2.75, 3.05) is 31.9 Å². The average Bonchev–Trinajstić information content (AvgIpc) is 2.73. The van der Waals surface area contributed by atoms with Gasteiger partial charge in [-0.3, -0.25) is 9.69 Å². The molecule has 3 rings (SSSR count). The van der Waals surface area contributed by atoms with Crippen molar-refractivity contribution in [1.82, 2.24) is 9.21 Å². The quantitative estimate of drug-likeness (QED) is 0.415. The summed E-state index contributed by atoms with van der Waals surface area (Å²) in [5.74, 6) is -4.90. The van der Waals surface area contributed by atoms with Gasteiger partial charge in [-0.15, -0.1) is 0 Å². The number of rotatable bonds is 8. The van der Waals surface area contributed by atoms with Gasteiger partial charge in [-0.2, -0.15) is 4.31 Å². The SMILES string of the molecule is CCCS(=O)(=O)N1CCN(C2(CCC(=O)c3ccc(F)cc3F)CCC(F)(F)CC2)CC1. The maximum atomic E-state index is 14.0. The van der Waals surface area contributed by atoms with Gasteiger partial charge < -0.3 is 0 Å². The molecule has 1 aromatic rings. The molecule has 10 heteroatoms. The van der Waals surface area contributed by atoms with E-state index in [1.807, 2.05) is 4.90 Å². The van der Waals surface area contributed by atoms with E-state index in [0.717, 1.165) is 12.1 Å². The van der Waals surface area contributed by atoms with Gasteiger partial charge in [0.2, 0.25) is 15.9 Å². The summed E-state index contributed by atoms with van der Waals surface area (Å²) in [7, 11) is -3.34. The lowest BCUT2D eigenvalue weighted by atomic mass is 9.74. The van der Waals surface area contributed by atoms with Gasteiger partial charge in [-0.05, 0) is 37.8 Å². The highest BCUT2D eigenvalue weighted by Crippen LogP contribution is 2.44. The van der Waals surface area contributed by atoms with Gasteiger partial charge in [0.05, 0.1) is 11.3 Å². The minimum atomic E-state index is -3.34. The number of hydrogen-bond donors (Lipinski definition) is 0. The van der Waals surface area contributed by atoms with Gasteiger partial charge in [0.25, 0.3) is 0 Å². The third-order valence-corrected chi connectivity index (χ3v) is 8.80. The van der Waals surface area contributed by atoms with Crippen molar-refractivity contribution < 1.29 is 30.8 Å². The molecule has 1 saturated carbocycles. The lowest BCUT2D eigenvalue weighted by molar-refractivity contribution is -0.0891. The number of Topliss-reactive ketones (excluding diaryl/α,β-unsaturated/α-hetero) is 1. The average molecular weight is 479 g/mol. The highest BCUT2D eigenvalue weighted by Gasteiger charge is 2.47. The minimum absolute atomic E-state index is 0.0531. The Labute approximate surface area is 186 Å². The van der Waals surface area contributed by atoms with Crippen molar-refractivity contribution >= 4 is 15.8 Å². The Bertz CT molecular complexity index is 921. The lowest BCUT2D eigenvalue weighted by Crippen LogP contribution is -2.60. The molecule has 1 heterocycles. The summed E-state index contributed by atoms with van der Waals surface area (Å²) in [6, 6.07) is 2.77. The van der Waals surface area contributed by atoms with E-state index in [2.05, 4.69) is 0 Å². The zero-order chi connectivity index (χ0) is 23.6. The van der Waals surface area contributed by atoms with Crippen LogP contribution in [-0.2, 0) is 10.0 Å². The van der Waals surface area contributed by atoms with Crippen molar-refractivity contribution in [3.8, 4) is 0 Å². The number of halogens is 4. The Morgan fingerprint density at radius 3 is 2.22 bits per heavy atom. The molecule has 0 spiro atoms. The van der Waals surface area contributed by atoms with Gasteiger partial charge in [-0.25, -0.2) is 26.0 Å². The van der Waals surface area contributed by atoms with E-state index in [1.165, 1.54) is 4.31 Å². The second kappa shape index (κ2) is 9.77. The van der Waals surface area contributed by atoms with Crippen molar-refractivity contribution in [1.29, 1.82) is 0 Å². The van der Waals surface area contributed by atoms with Gasteiger partial charge in [0, 0.05) is 57.0 Å². The maximum absolute atomic E-state index is 14.0. The minimum Gasteiger partial charge on any atom is -0.295 e. The fourth-order valence-electron chi connectivity index (χ4n) is 4.83. The van der Waals surface area contributed by atoms with Crippen LogP contribution < -0.4 is 0 Å². The molecular weight excluding hydrogens is 448 g/mol. The summed E-state index contributed by atoms with van der Waals surface area (Å²) in [6.07, 6.45) is 0.481. The first-order chi connectivity index (χ1) is 15.0. The molecule has 5 nitrogen and oxygen atoms in total. The van der Waals surface area contributed by atoms with Crippen LogP contribution in [0.5, 0.6) is 0 Å². The third-order valence-electron chi connectivity index (χ3n) is 6.73. The fourth-order valence-corrected chi connectivity index (χ4v) is 6.32. The number of carbonyl (C=O) groups excluding carboxylic acids is 1. The molecule has 0 N–H and O–H groups in total. The number of alkyl halides is 2. The molecule has 2 fully saturated rings. The van der Waals surface area contributed by atoms with Crippen LogP contribution in [-0.4, -0.2) is 66.8 Å². The van der Waals surface area contributed by atoms with E-state index < -0.39 is 38.9 Å². The number of benzene rings is 1. The van der Waals surface area contributed by atoms with Crippen molar-refractivity contribution in [2.45, 2.75) is 63.3 Å². The first-order valence-electron chi connectivity index (χ1n) is 11.1. The predicted molar refractivity (Wildman–Crippen MR) is 113 cm³/mol. The van der Waals surface area contributed by atoms with Crippen LogP contribution in [0.3, 0.4) is 0 Å². The number of hydrogen-bond acceptors (Lipinski definition) is 4. The highest BCUT2D eigenvalue weighted by molar-refractivity contribution is 7.89. The lowest BCUT2D eigenvalue weighted by Gasteiger charge is -2.51. The smallest absolute Gasteiger partial charge is 0.248 e. The first-order valence-corrected chi connectivity index (χ1v) is 12.7. The van der Waals surface area contributed by atoms with Crippen LogP contribution in [0.1, 0.15) is 62.2 Å². The van der Waals surface area contributed by atoms with Gasteiger partial charge >= 0.3 is 0 Å². The first kappa shape index (κ1) is 25.1. The summed E-state index contributed by atoms with van der Waals surface area (Å²) < 4.78 is 81.2. The normalized spacial score (nSPS) is 22.0. The number of piperazine rings is 1. The Morgan fingerprint density at radius 2 is 1.66 bits per heavy atom. The second-order valence-corrected chi connectivity index (χ2v) is 10.9. The van der Waals surface area contributed by atoms with Crippen LogP contribution in [0.4, 0.5) is 17.6 Å². The van der Waals surface area contributed by atoms with E-state index in [1.54, 1.807) is 6.92 Å². The maximum Gasteiger partial charge on any atom is 0.248 e. The zero-order valence-electron chi connectivity index (χ0n) is 18.3. The van der Waals surface area contributed by atoms with Crippen molar-refractivity contribution in [3.05, 3.63) is 35.4 Å². The molecule has 0 aromatic heterocycles. The molecule has 0 unspecified atom stereocenters. The molecule has 0 bridgehead atoms. The van der Waals surface area contributed by atoms with Crippen LogP contribution in [0.2, 0.25) is 0 Å². The van der Waals surface area contributed by atoms with E-state index in [0.29, 0.717) is 25.6 Å². The van der Waals surface area contributed by atoms with E-state index in [9.17, 15) is 30.8 Å². The summed E-state index contributed by atoms with van der Waals surface area (Å²) >= 11 is 0. The number of nitrogens with zero attached hydrogens (tertiary/aromatic N) is 2. The Hall–Kier alpha value is -1.52.